The zero-order valence-corrected chi connectivity index (χ0v) is 13.1. The Morgan fingerprint density at radius 1 is 1.11 bits per heavy atom. The number of benzene rings is 1. The lowest BCUT2D eigenvalue weighted by atomic mass is 10.2. The molecule has 2 aromatic rings. The first-order valence-electron chi connectivity index (χ1n) is 5.90. The van der Waals surface area contributed by atoms with Gasteiger partial charge in [-0.2, -0.15) is 5.11 Å². The van der Waals surface area contributed by atoms with E-state index in [0.29, 0.717) is 12.4 Å². The van der Waals surface area contributed by atoms with E-state index >= 15 is 0 Å². The van der Waals surface area contributed by atoms with E-state index in [9.17, 15) is 0 Å². The molecule has 0 spiro atoms. The molecule has 0 saturated heterocycles. The highest BCUT2D eigenvalue weighted by Gasteiger charge is 1.96. The summed E-state index contributed by atoms with van der Waals surface area (Å²) < 4.78 is 1.09. The zero-order chi connectivity index (χ0) is 13.7. The second-order valence-electron chi connectivity index (χ2n) is 4.30. The third-order valence-electron chi connectivity index (χ3n) is 2.59. The molecule has 1 heterocycles. The van der Waals surface area contributed by atoms with Gasteiger partial charge in [0, 0.05) is 29.5 Å². The lowest BCUT2D eigenvalue weighted by Gasteiger charge is -2.11. The number of hydrogen-bond donors (Lipinski definition) is 0. The van der Waals surface area contributed by atoms with Crippen LogP contribution in [0.25, 0.3) is 0 Å². The van der Waals surface area contributed by atoms with E-state index in [0.717, 1.165) is 9.13 Å². The van der Waals surface area contributed by atoms with Gasteiger partial charge in [0.15, 0.2) is 5.82 Å². The summed E-state index contributed by atoms with van der Waals surface area (Å²) in [6.45, 7) is 0.571. The van der Waals surface area contributed by atoms with Gasteiger partial charge in [-0.3, -0.25) is 0 Å². The van der Waals surface area contributed by atoms with Crippen molar-refractivity contribution >= 4 is 34.1 Å². The van der Waals surface area contributed by atoms with Gasteiger partial charge in [-0.25, -0.2) is 4.98 Å². The monoisotopic (exact) mass is 366 g/mol. The fraction of sp³-hybridized carbons (Fsp3) is 0.214. The molecule has 0 saturated carbocycles. The van der Waals surface area contributed by atoms with Crippen molar-refractivity contribution in [3.05, 3.63) is 51.7 Å². The molecule has 2 rings (SSSR count). The van der Waals surface area contributed by atoms with Crippen LogP contribution in [0.3, 0.4) is 0 Å². The Hall–Kier alpha value is -1.50. The highest BCUT2D eigenvalue weighted by atomic mass is 127. The first-order valence-corrected chi connectivity index (χ1v) is 6.98. The van der Waals surface area contributed by atoms with Crippen molar-refractivity contribution in [3.8, 4) is 0 Å². The Morgan fingerprint density at radius 2 is 1.84 bits per heavy atom. The normalized spacial score (nSPS) is 10.9. The maximum atomic E-state index is 4.17. The molecule has 0 aliphatic carbocycles. The SMILES string of the molecule is CN(C)c1ccc(CN=Nc2ccc(I)cn2)cc1. The van der Waals surface area contributed by atoms with Gasteiger partial charge in [-0.15, -0.1) is 5.11 Å². The summed E-state index contributed by atoms with van der Waals surface area (Å²) in [6.07, 6.45) is 1.78. The second kappa shape index (κ2) is 6.60. The molecule has 0 atom stereocenters. The van der Waals surface area contributed by atoms with Gasteiger partial charge in [-0.1, -0.05) is 12.1 Å². The Morgan fingerprint density at radius 3 is 2.42 bits per heavy atom. The standard InChI is InChI=1S/C14H15IN4/c1-19(2)13-6-3-11(4-7-13)9-17-18-14-8-5-12(15)10-16-14/h3-8,10H,9H2,1-2H3. The van der Waals surface area contributed by atoms with Crippen LogP contribution in [-0.4, -0.2) is 19.1 Å². The Balaban J connectivity index is 1.96. The summed E-state index contributed by atoms with van der Waals surface area (Å²) in [5.41, 5.74) is 2.32. The predicted octanol–water partition coefficient (Wildman–Crippen LogP) is 4.04. The molecule has 0 radical (unpaired) electrons. The summed E-state index contributed by atoms with van der Waals surface area (Å²) in [5.74, 6) is 0.644. The molecule has 0 unspecified atom stereocenters. The van der Waals surface area contributed by atoms with Crippen LogP contribution < -0.4 is 4.90 Å². The molecular formula is C14H15IN4. The Kier molecular flexibility index (Phi) is 4.84. The van der Waals surface area contributed by atoms with E-state index in [4.69, 9.17) is 0 Å². The van der Waals surface area contributed by atoms with Crippen LogP contribution >= 0.6 is 22.6 Å². The molecule has 0 aliphatic rings. The van der Waals surface area contributed by atoms with Crippen LogP contribution in [0.4, 0.5) is 11.5 Å². The molecule has 98 valence electrons. The van der Waals surface area contributed by atoms with Crippen molar-refractivity contribution in [1.29, 1.82) is 0 Å². The van der Waals surface area contributed by atoms with E-state index in [2.05, 4.69) is 67.0 Å². The molecule has 19 heavy (non-hydrogen) atoms. The lowest BCUT2D eigenvalue weighted by molar-refractivity contribution is 0.945. The minimum Gasteiger partial charge on any atom is -0.378 e. The minimum atomic E-state index is 0.571. The van der Waals surface area contributed by atoms with Crippen molar-refractivity contribution in [3.63, 3.8) is 0 Å². The number of anilines is 1. The van der Waals surface area contributed by atoms with Crippen LogP contribution in [0.2, 0.25) is 0 Å². The number of aromatic nitrogens is 1. The predicted molar refractivity (Wildman–Crippen MR) is 85.9 cm³/mol. The molecule has 4 nitrogen and oxygen atoms in total. The van der Waals surface area contributed by atoms with Gasteiger partial charge in [0.05, 0.1) is 6.54 Å². The number of pyridine rings is 1. The Labute approximate surface area is 126 Å². The van der Waals surface area contributed by atoms with Crippen molar-refractivity contribution in [1.82, 2.24) is 4.98 Å². The fourth-order valence-corrected chi connectivity index (χ4v) is 1.84. The molecule has 1 aromatic carbocycles. The number of hydrogen-bond acceptors (Lipinski definition) is 4. The largest absolute Gasteiger partial charge is 0.378 e. The quantitative estimate of drug-likeness (QED) is 0.606. The first kappa shape index (κ1) is 13.9. The van der Waals surface area contributed by atoms with E-state index < -0.39 is 0 Å². The number of halogens is 1. The number of azo groups is 1. The van der Waals surface area contributed by atoms with Crippen molar-refractivity contribution in [2.45, 2.75) is 6.54 Å². The zero-order valence-electron chi connectivity index (χ0n) is 10.9. The third-order valence-corrected chi connectivity index (χ3v) is 3.23. The van der Waals surface area contributed by atoms with Crippen molar-refractivity contribution in [2.75, 3.05) is 19.0 Å². The van der Waals surface area contributed by atoms with Crippen molar-refractivity contribution in [2.24, 2.45) is 10.2 Å². The average molecular weight is 366 g/mol. The molecule has 0 aliphatic heterocycles. The maximum absolute atomic E-state index is 4.17. The first-order chi connectivity index (χ1) is 9.15. The summed E-state index contributed by atoms with van der Waals surface area (Å²) in [5, 5.41) is 8.26. The molecule has 5 heteroatoms. The summed E-state index contributed by atoms with van der Waals surface area (Å²) in [4.78, 5) is 6.24. The van der Waals surface area contributed by atoms with Crippen LogP contribution in [0, 0.1) is 3.57 Å². The summed E-state index contributed by atoms with van der Waals surface area (Å²) in [7, 11) is 4.05. The third kappa shape index (κ3) is 4.27. The summed E-state index contributed by atoms with van der Waals surface area (Å²) in [6, 6.07) is 12.1. The summed E-state index contributed by atoms with van der Waals surface area (Å²) >= 11 is 2.21. The molecule has 0 fully saturated rings. The molecule has 0 amide bonds. The second-order valence-corrected chi connectivity index (χ2v) is 5.54. The number of nitrogens with zero attached hydrogens (tertiary/aromatic N) is 4. The molecule has 0 N–H and O–H groups in total. The highest BCUT2D eigenvalue weighted by Crippen LogP contribution is 2.14. The van der Waals surface area contributed by atoms with Crippen LogP contribution in [0.15, 0.2) is 52.8 Å². The number of rotatable bonds is 4. The van der Waals surface area contributed by atoms with Gasteiger partial charge >= 0.3 is 0 Å². The van der Waals surface area contributed by atoms with Crippen molar-refractivity contribution < 1.29 is 0 Å². The molecule has 1 aromatic heterocycles. The van der Waals surface area contributed by atoms with Crippen LogP contribution in [0.5, 0.6) is 0 Å². The van der Waals surface area contributed by atoms with Gasteiger partial charge in [-0.05, 0) is 52.4 Å². The van der Waals surface area contributed by atoms with Crippen LogP contribution in [-0.2, 0) is 6.54 Å². The van der Waals surface area contributed by atoms with Gasteiger partial charge in [0.25, 0.3) is 0 Å². The van der Waals surface area contributed by atoms with E-state index in [1.165, 1.54) is 5.69 Å². The highest BCUT2D eigenvalue weighted by molar-refractivity contribution is 14.1. The van der Waals surface area contributed by atoms with E-state index in [1.54, 1.807) is 6.20 Å². The molecule has 0 bridgehead atoms. The lowest BCUT2D eigenvalue weighted by Crippen LogP contribution is -2.08. The molecular weight excluding hydrogens is 351 g/mol. The van der Waals surface area contributed by atoms with Crippen LogP contribution in [0.1, 0.15) is 5.56 Å². The van der Waals surface area contributed by atoms with Gasteiger partial charge < -0.3 is 4.90 Å². The maximum Gasteiger partial charge on any atom is 0.173 e. The topological polar surface area (TPSA) is 40.9 Å². The average Bonchev–Trinajstić information content (AvgIpc) is 2.41. The van der Waals surface area contributed by atoms with E-state index in [1.807, 2.05) is 26.2 Å². The Bertz CT molecular complexity index is 547. The van der Waals surface area contributed by atoms with Gasteiger partial charge in [0.1, 0.15) is 0 Å². The smallest absolute Gasteiger partial charge is 0.173 e. The minimum absolute atomic E-state index is 0.571. The van der Waals surface area contributed by atoms with Gasteiger partial charge in [0.2, 0.25) is 0 Å². The fourth-order valence-electron chi connectivity index (χ4n) is 1.52. The van der Waals surface area contributed by atoms with E-state index in [-0.39, 0.29) is 0 Å².